The second-order valence-electron chi connectivity index (χ2n) is 6.56. The highest BCUT2D eigenvalue weighted by Crippen LogP contribution is 2.34. The first-order valence-corrected chi connectivity index (χ1v) is 8.47. The summed E-state index contributed by atoms with van der Waals surface area (Å²) in [5.74, 6) is 1.35. The van der Waals surface area contributed by atoms with Crippen molar-refractivity contribution in [1.29, 1.82) is 0 Å². The van der Waals surface area contributed by atoms with E-state index >= 15 is 0 Å². The zero-order chi connectivity index (χ0) is 17.2. The SMILES string of the molecule is O=C(N[C@@H](Cc1ccccn1)C1CC(O)C1)c1ccc2c(c1)OCO2. The van der Waals surface area contributed by atoms with Crippen LogP contribution in [-0.4, -0.2) is 34.9 Å². The number of pyridine rings is 1. The molecule has 1 amide bonds. The fourth-order valence-electron chi connectivity index (χ4n) is 3.33. The van der Waals surface area contributed by atoms with Gasteiger partial charge in [0, 0.05) is 29.9 Å². The number of fused-ring (bicyclic) bond motifs is 1. The van der Waals surface area contributed by atoms with E-state index in [1.807, 2.05) is 18.2 Å². The first kappa shape index (κ1) is 15.9. The lowest BCUT2D eigenvalue weighted by atomic mass is 9.76. The summed E-state index contributed by atoms with van der Waals surface area (Å²) < 4.78 is 10.6. The lowest BCUT2D eigenvalue weighted by Gasteiger charge is -2.38. The van der Waals surface area contributed by atoms with E-state index in [2.05, 4.69) is 10.3 Å². The minimum Gasteiger partial charge on any atom is -0.454 e. The Kier molecular flexibility index (Phi) is 4.28. The maximum atomic E-state index is 12.7. The Labute approximate surface area is 145 Å². The molecule has 0 radical (unpaired) electrons. The van der Waals surface area contributed by atoms with Crippen LogP contribution in [0.1, 0.15) is 28.9 Å². The Hall–Kier alpha value is -2.60. The zero-order valence-corrected chi connectivity index (χ0v) is 13.7. The van der Waals surface area contributed by atoms with Gasteiger partial charge < -0.3 is 19.9 Å². The molecule has 130 valence electrons. The van der Waals surface area contributed by atoms with Crippen molar-refractivity contribution >= 4 is 5.91 Å². The number of nitrogens with zero attached hydrogens (tertiary/aromatic N) is 1. The molecule has 1 aromatic heterocycles. The first-order chi connectivity index (χ1) is 12.2. The number of aliphatic hydroxyl groups is 1. The summed E-state index contributed by atoms with van der Waals surface area (Å²) in [6, 6.07) is 10.9. The van der Waals surface area contributed by atoms with Crippen molar-refractivity contribution in [3.8, 4) is 11.5 Å². The molecule has 2 heterocycles. The van der Waals surface area contributed by atoms with E-state index in [0.717, 1.165) is 5.69 Å². The van der Waals surface area contributed by atoms with Crippen molar-refractivity contribution in [2.24, 2.45) is 5.92 Å². The molecule has 2 aromatic rings. The Morgan fingerprint density at radius 1 is 1.24 bits per heavy atom. The van der Waals surface area contributed by atoms with Gasteiger partial charge in [-0.25, -0.2) is 0 Å². The van der Waals surface area contributed by atoms with Crippen LogP contribution >= 0.6 is 0 Å². The Balaban J connectivity index is 1.48. The summed E-state index contributed by atoms with van der Waals surface area (Å²) in [6.07, 6.45) is 3.55. The highest BCUT2D eigenvalue weighted by molar-refractivity contribution is 5.95. The molecule has 0 saturated heterocycles. The Morgan fingerprint density at radius 3 is 2.84 bits per heavy atom. The predicted octanol–water partition coefficient (Wildman–Crippen LogP) is 1.92. The van der Waals surface area contributed by atoms with Gasteiger partial charge in [-0.2, -0.15) is 0 Å². The van der Waals surface area contributed by atoms with Crippen molar-refractivity contribution < 1.29 is 19.4 Å². The van der Waals surface area contributed by atoms with Crippen molar-refractivity contribution in [2.45, 2.75) is 31.4 Å². The van der Waals surface area contributed by atoms with Crippen LogP contribution in [0, 0.1) is 5.92 Å². The number of carbonyl (C=O) groups is 1. The fraction of sp³-hybridized carbons (Fsp3) is 0.368. The number of nitrogens with one attached hydrogen (secondary N) is 1. The van der Waals surface area contributed by atoms with Gasteiger partial charge in [0.2, 0.25) is 6.79 Å². The molecule has 1 aromatic carbocycles. The largest absolute Gasteiger partial charge is 0.454 e. The number of carbonyl (C=O) groups excluding carboxylic acids is 1. The standard InChI is InChI=1S/C19H20N2O4/c22-15-7-13(8-15)16(10-14-3-1-2-6-20-14)21-19(23)12-4-5-17-18(9-12)25-11-24-17/h1-6,9,13,15-16,22H,7-8,10-11H2,(H,21,23)/t13?,15?,16-/m0/s1. The average Bonchev–Trinajstić information content (AvgIpc) is 3.07. The van der Waals surface area contributed by atoms with Crippen molar-refractivity contribution in [3.05, 3.63) is 53.9 Å². The van der Waals surface area contributed by atoms with Gasteiger partial charge in [0.1, 0.15) is 0 Å². The van der Waals surface area contributed by atoms with Crippen molar-refractivity contribution in [1.82, 2.24) is 10.3 Å². The first-order valence-electron chi connectivity index (χ1n) is 8.47. The molecular weight excluding hydrogens is 320 g/mol. The molecule has 1 saturated carbocycles. The van der Waals surface area contributed by atoms with E-state index in [1.54, 1.807) is 24.4 Å². The number of ether oxygens (including phenoxy) is 2. The molecule has 1 fully saturated rings. The van der Waals surface area contributed by atoms with Crippen LogP contribution in [0.4, 0.5) is 0 Å². The molecule has 0 unspecified atom stereocenters. The van der Waals surface area contributed by atoms with E-state index in [1.165, 1.54) is 0 Å². The number of rotatable bonds is 5. The molecule has 1 atom stereocenters. The second-order valence-corrected chi connectivity index (χ2v) is 6.56. The van der Waals surface area contributed by atoms with Crippen molar-refractivity contribution in [2.75, 3.05) is 6.79 Å². The minimum atomic E-state index is -0.265. The van der Waals surface area contributed by atoms with E-state index < -0.39 is 0 Å². The summed E-state index contributed by atoms with van der Waals surface area (Å²) in [5.41, 5.74) is 1.47. The summed E-state index contributed by atoms with van der Waals surface area (Å²) in [4.78, 5) is 17.0. The smallest absolute Gasteiger partial charge is 0.251 e. The quantitative estimate of drug-likeness (QED) is 0.869. The van der Waals surface area contributed by atoms with E-state index in [9.17, 15) is 9.90 Å². The van der Waals surface area contributed by atoms with Crippen LogP contribution in [0.25, 0.3) is 0 Å². The molecule has 6 nitrogen and oxygen atoms in total. The number of hydrogen-bond donors (Lipinski definition) is 2. The van der Waals surface area contributed by atoms with Crippen LogP contribution in [0.3, 0.4) is 0 Å². The molecule has 0 bridgehead atoms. The van der Waals surface area contributed by atoms with Gasteiger partial charge in [-0.1, -0.05) is 6.07 Å². The molecule has 6 heteroatoms. The van der Waals surface area contributed by atoms with Crippen LogP contribution in [0.2, 0.25) is 0 Å². The van der Waals surface area contributed by atoms with Crippen LogP contribution in [0.5, 0.6) is 11.5 Å². The van der Waals surface area contributed by atoms with Crippen LogP contribution < -0.4 is 14.8 Å². The Morgan fingerprint density at radius 2 is 2.08 bits per heavy atom. The third kappa shape index (κ3) is 3.44. The van der Waals surface area contributed by atoms with Crippen molar-refractivity contribution in [3.63, 3.8) is 0 Å². The molecule has 2 aliphatic rings. The third-order valence-electron chi connectivity index (χ3n) is 4.83. The third-order valence-corrected chi connectivity index (χ3v) is 4.83. The van der Waals surface area contributed by atoms with E-state index in [0.29, 0.717) is 36.3 Å². The van der Waals surface area contributed by atoms with Gasteiger partial charge in [0.15, 0.2) is 11.5 Å². The summed E-state index contributed by atoms with van der Waals surface area (Å²) in [5, 5.41) is 12.7. The minimum absolute atomic E-state index is 0.0591. The zero-order valence-electron chi connectivity index (χ0n) is 13.7. The lowest BCUT2D eigenvalue weighted by Crippen LogP contribution is -2.48. The fourth-order valence-corrected chi connectivity index (χ4v) is 3.33. The van der Waals surface area contributed by atoms with Crippen LogP contribution in [-0.2, 0) is 6.42 Å². The molecule has 1 aliphatic carbocycles. The van der Waals surface area contributed by atoms with Gasteiger partial charge in [-0.3, -0.25) is 9.78 Å². The number of hydrogen-bond acceptors (Lipinski definition) is 5. The lowest BCUT2D eigenvalue weighted by molar-refractivity contribution is 0.0238. The van der Waals surface area contributed by atoms with E-state index in [4.69, 9.17) is 9.47 Å². The number of aliphatic hydroxyl groups excluding tert-OH is 1. The summed E-state index contributed by atoms with van der Waals surface area (Å²) in [6.45, 7) is 0.183. The molecule has 2 N–H and O–H groups in total. The monoisotopic (exact) mass is 340 g/mol. The maximum Gasteiger partial charge on any atom is 0.251 e. The topological polar surface area (TPSA) is 80.7 Å². The molecule has 0 spiro atoms. The van der Waals surface area contributed by atoms with Gasteiger partial charge >= 0.3 is 0 Å². The summed E-state index contributed by atoms with van der Waals surface area (Å²) in [7, 11) is 0. The average molecular weight is 340 g/mol. The number of benzene rings is 1. The molecule has 25 heavy (non-hydrogen) atoms. The Bertz CT molecular complexity index is 759. The maximum absolute atomic E-state index is 12.7. The second kappa shape index (κ2) is 6.72. The highest BCUT2D eigenvalue weighted by atomic mass is 16.7. The summed E-state index contributed by atoms with van der Waals surface area (Å²) >= 11 is 0. The normalized spacial score (nSPS) is 22.1. The van der Waals surface area contributed by atoms with Crippen LogP contribution in [0.15, 0.2) is 42.6 Å². The van der Waals surface area contributed by atoms with Gasteiger partial charge in [0.25, 0.3) is 5.91 Å². The van der Waals surface area contributed by atoms with Gasteiger partial charge in [-0.05, 0) is 49.1 Å². The predicted molar refractivity (Wildman–Crippen MR) is 90.5 cm³/mol. The van der Waals surface area contributed by atoms with Gasteiger partial charge in [0.05, 0.1) is 6.10 Å². The number of aromatic nitrogens is 1. The highest BCUT2D eigenvalue weighted by Gasteiger charge is 2.35. The number of amides is 1. The molecule has 4 rings (SSSR count). The molecule has 1 aliphatic heterocycles. The molecular formula is C19H20N2O4. The van der Waals surface area contributed by atoms with Gasteiger partial charge in [-0.15, -0.1) is 0 Å². The van der Waals surface area contributed by atoms with E-state index in [-0.39, 0.29) is 30.8 Å².